The summed E-state index contributed by atoms with van der Waals surface area (Å²) < 4.78 is 24.6. The van der Waals surface area contributed by atoms with Crippen molar-refractivity contribution in [2.75, 3.05) is 39.5 Å². The smallest absolute Gasteiger partial charge is 0.211 e. The van der Waals surface area contributed by atoms with Crippen molar-refractivity contribution in [2.24, 2.45) is 16.3 Å². The van der Waals surface area contributed by atoms with Crippen LogP contribution in [0.2, 0.25) is 0 Å². The molecular weight excluding hydrogens is 451 g/mol. The van der Waals surface area contributed by atoms with E-state index < -0.39 is 10.0 Å². The van der Waals surface area contributed by atoms with Crippen molar-refractivity contribution in [3.63, 3.8) is 0 Å². The molecule has 1 rings (SSSR count). The summed E-state index contributed by atoms with van der Waals surface area (Å²) in [6.07, 6.45) is 7.22. The quantitative estimate of drug-likeness (QED) is 0.215. The van der Waals surface area contributed by atoms with Crippen molar-refractivity contribution in [1.82, 2.24) is 14.9 Å². The number of aliphatic imine (C=N–C) groups is 1. The van der Waals surface area contributed by atoms with E-state index >= 15 is 0 Å². The van der Waals surface area contributed by atoms with Gasteiger partial charge < -0.3 is 10.6 Å². The van der Waals surface area contributed by atoms with E-state index in [-0.39, 0.29) is 24.0 Å². The molecule has 25 heavy (non-hydrogen) atoms. The number of sulfonamides is 1. The highest BCUT2D eigenvalue weighted by molar-refractivity contribution is 14.0. The number of guanidine groups is 1. The Kier molecular flexibility index (Phi) is 11.5. The monoisotopic (exact) mass is 488 g/mol. The van der Waals surface area contributed by atoms with Gasteiger partial charge in [-0.05, 0) is 37.0 Å². The second-order valence-electron chi connectivity index (χ2n) is 7.41. The summed E-state index contributed by atoms with van der Waals surface area (Å²) in [5.41, 5.74) is 0.432. The average molecular weight is 488 g/mol. The zero-order valence-electron chi connectivity index (χ0n) is 16.5. The van der Waals surface area contributed by atoms with Crippen molar-refractivity contribution in [3.05, 3.63) is 0 Å². The first kappa shape index (κ1) is 24.9. The van der Waals surface area contributed by atoms with E-state index in [0.717, 1.165) is 24.8 Å². The molecule has 0 aromatic heterocycles. The lowest BCUT2D eigenvalue weighted by Crippen LogP contribution is -2.47. The zero-order chi connectivity index (χ0) is 18.2. The van der Waals surface area contributed by atoms with Gasteiger partial charge in [0.05, 0.1) is 6.26 Å². The minimum absolute atomic E-state index is 0. The van der Waals surface area contributed by atoms with Gasteiger partial charge in [-0.25, -0.2) is 12.7 Å². The van der Waals surface area contributed by atoms with Crippen molar-refractivity contribution in [1.29, 1.82) is 0 Å². The van der Waals surface area contributed by atoms with Crippen LogP contribution in [0.3, 0.4) is 0 Å². The predicted molar refractivity (Wildman–Crippen MR) is 117 cm³/mol. The van der Waals surface area contributed by atoms with Crippen LogP contribution in [-0.2, 0) is 10.0 Å². The fourth-order valence-corrected chi connectivity index (χ4v) is 4.44. The van der Waals surface area contributed by atoms with E-state index in [9.17, 15) is 8.42 Å². The van der Waals surface area contributed by atoms with Gasteiger partial charge in [0.1, 0.15) is 0 Å². The minimum atomic E-state index is -3.10. The molecule has 0 aromatic carbocycles. The molecule has 8 heteroatoms. The van der Waals surface area contributed by atoms with Crippen LogP contribution in [0.25, 0.3) is 0 Å². The molecule has 0 bridgehead atoms. The van der Waals surface area contributed by atoms with E-state index in [1.54, 1.807) is 7.05 Å². The highest BCUT2D eigenvalue weighted by Crippen LogP contribution is 2.45. The molecule has 1 fully saturated rings. The fourth-order valence-electron chi connectivity index (χ4n) is 3.51. The molecule has 0 amide bonds. The van der Waals surface area contributed by atoms with Crippen LogP contribution >= 0.6 is 24.0 Å². The molecular formula is C17H37IN4O2S. The summed E-state index contributed by atoms with van der Waals surface area (Å²) in [5.74, 6) is 1.53. The molecule has 0 spiro atoms. The standard InChI is InChI=1S/C17H36N4O2S.HI/c1-6-21(24(5,22)23)12-8-11-19-16(18-4)20-14-17(9-7-10-17)13-15(2)3;/h15H,6-14H2,1-5H3,(H2,18,19,20);1H. The Balaban J connectivity index is 0.00000576. The summed E-state index contributed by atoms with van der Waals surface area (Å²) in [5, 5.41) is 6.75. The second kappa shape index (κ2) is 11.6. The van der Waals surface area contributed by atoms with Crippen molar-refractivity contribution >= 4 is 40.0 Å². The van der Waals surface area contributed by atoms with Gasteiger partial charge in [0.2, 0.25) is 10.0 Å². The van der Waals surface area contributed by atoms with Gasteiger partial charge in [-0.2, -0.15) is 0 Å². The Bertz CT molecular complexity index is 505. The lowest BCUT2D eigenvalue weighted by molar-refractivity contribution is 0.104. The molecule has 1 saturated carbocycles. The molecule has 0 unspecified atom stereocenters. The third-order valence-electron chi connectivity index (χ3n) is 4.81. The van der Waals surface area contributed by atoms with Gasteiger partial charge >= 0.3 is 0 Å². The largest absolute Gasteiger partial charge is 0.356 e. The SMILES string of the molecule is CCN(CCCNC(=NC)NCC1(CC(C)C)CCC1)S(C)(=O)=O.I. The molecule has 1 aliphatic carbocycles. The molecule has 0 aliphatic heterocycles. The predicted octanol–water partition coefficient (Wildman–Crippen LogP) is 2.66. The molecule has 0 radical (unpaired) electrons. The van der Waals surface area contributed by atoms with Gasteiger partial charge in [-0.3, -0.25) is 4.99 Å². The number of nitrogens with one attached hydrogen (secondary N) is 2. The molecule has 6 nitrogen and oxygen atoms in total. The van der Waals surface area contributed by atoms with Gasteiger partial charge in [-0.15, -0.1) is 24.0 Å². The highest BCUT2D eigenvalue weighted by atomic mass is 127. The Morgan fingerprint density at radius 3 is 2.32 bits per heavy atom. The topological polar surface area (TPSA) is 73.8 Å². The van der Waals surface area contributed by atoms with Gasteiger partial charge in [-0.1, -0.05) is 27.2 Å². The van der Waals surface area contributed by atoms with Crippen molar-refractivity contribution < 1.29 is 8.42 Å². The number of nitrogens with zero attached hydrogens (tertiary/aromatic N) is 2. The van der Waals surface area contributed by atoms with E-state index in [2.05, 4.69) is 29.5 Å². The molecule has 2 N–H and O–H groups in total. The van der Waals surface area contributed by atoms with Crippen molar-refractivity contribution in [3.8, 4) is 0 Å². The summed E-state index contributed by atoms with van der Waals surface area (Å²) in [4.78, 5) is 4.28. The maximum atomic E-state index is 11.6. The minimum Gasteiger partial charge on any atom is -0.356 e. The molecule has 0 atom stereocenters. The number of hydrogen-bond donors (Lipinski definition) is 2. The Labute approximate surface area is 171 Å². The van der Waals surface area contributed by atoms with Crippen LogP contribution in [0.1, 0.15) is 52.9 Å². The van der Waals surface area contributed by atoms with Crippen LogP contribution in [0, 0.1) is 11.3 Å². The van der Waals surface area contributed by atoms with Crippen LogP contribution in [-0.4, -0.2) is 58.2 Å². The third-order valence-corrected chi connectivity index (χ3v) is 6.19. The Morgan fingerprint density at radius 2 is 1.92 bits per heavy atom. The first-order valence-electron chi connectivity index (χ1n) is 9.12. The first-order valence-corrected chi connectivity index (χ1v) is 11.0. The Hall–Kier alpha value is -0.0900. The summed E-state index contributed by atoms with van der Waals surface area (Å²) in [6, 6.07) is 0. The average Bonchev–Trinajstić information content (AvgIpc) is 2.45. The molecule has 1 aliphatic rings. The van der Waals surface area contributed by atoms with Crippen LogP contribution in [0.5, 0.6) is 0 Å². The summed E-state index contributed by atoms with van der Waals surface area (Å²) in [7, 11) is -1.32. The highest BCUT2D eigenvalue weighted by Gasteiger charge is 2.37. The number of rotatable bonds is 10. The third kappa shape index (κ3) is 8.90. The molecule has 0 aromatic rings. The lowest BCUT2D eigenvalue weighted by atomic mass is 9.64. The van der Waals surface area contributed by atoms with E-state index in [4.69, 9.17) is 0 Å². The fraction of sp³-hybridized carbons (Fsp3) is 0.941. The van der Waals surface area contributed by atoms with E-state index in [1.807, 2.05) is 6.92 Å². The van der Waals surface area contributed by atoms with Crippen LogP contribution in [0.4, 0.5) is 0 Å². The first-order chi connectivity index (χ1) is 11.2. The van der Waals surface area contributed by atoms with E-state index in [1.165, 1.54) is 36.2 Å². The van der Waals surface area contributed by atoms with Gasteiger partial charge in [0.15, 0.2) is 5.96 Å². The molecule has 150 valence electrons. The van der Waals surface area contributed by atoms with Crippen molar-refractivity contribution in [2.45, 2.75) is 52.9 Å². The molecule has 0 heterocycles. The maximum absolute atomic E-state index is 11.6. The van der Waals surface area contributed by atoms with Crippen LogP contribution in [0.15, 0.2) is 4.99 Å². The van der Waals surface area contributed by atoms with Gasteiger partial charge in [0.25, 0.3) is 0 Å². The van der Waals surface area contributed by atoms with Gasteiger partial charge in [0, 0.05) is 33.2 Å². The number of halogens is 1. The zero-order valence-corrected chi connectivity index (χ0v) is 19.6. The summed E-state index contributed by atoms with van der Waals surface area (Å²) >= 11 is 0. The second-order valence-corrected chi connectivity index (χ2v) is 9.39. The number of hydrogen-bond acceptors (Lipinski definition) is 3. The normalized spacial score (nSPS) is 17.2. The molecule has 0 saturated heterocycles. The van der Waals surface area contributed by atoms with Crippen LogP contribution < -0.4 is 10.6 Å². The Morgan fingerprint density at radius 1 is 1.28 bits per heavy atom. The van der Waals surface area contributed by atoms with E-state index in [0.29, 0.717) is 25.0 Å². The lowest BCUT2D eigenvalue weighted by Gasteiger charge is -2.43. The maximum Gasteiger partial charge on any atom is 0.211 e. The summed E-state index contributed by atoms with van der Waals surface area (Å²) in [6.45, 7) is 9.17.